The molecule has 0 aromatic rings. The highest BCUT2D eigenvalue weighted by molar-refractivity contribution is 5.79. The van der Waals surface area contributed by atoms with Gasteiger partial charge in [-0.25, -0.2) is 4.79 Å². The molecule has 1 saturated carbocycles. The van der Waals surface area contributed by atoms with E-state index in [1.165, 1.54) is 12.8 Å². The van der Waals surface area contributed by atoms with Crippen LogP contribution in [-0.4, -0.2) is 72.5 Å². The fraction of sp³-hybridized carbons (Fsp3) is 0.895. The highest BCUT2D eigenvalue weighted by Crippen LogP contribution is 2.27. The molecule has 3 aliphatic rings. The van der Waals surface area contributed by atoms with Gasteiger partial charge in [0.1, 0.15) is 5.54 Å². The molecular formula is C19H34N4O4. The number of nitrogens with two attached hydrogens (primary N) is 1. The quantitative estimate of drug-likeness (QED) is 0.561. The Hall–Kier alpha value is -1.38. The lowest BCUT2D eigenvalue weighted by molar-refractivity contribution is -0.144. The van der Waals surface area contributed by atoms with Crippen molar-refractivity contribution in [2.75, 3.05) is 32.8 Å². The predicted octanol–water partition coefficient (Wildman–Crippen LogP) is 0.901. The van der Waals surface area contributed by atoms with Crippen molar-refractivity contribution < 1.29 is 19.4 Å². The van der Waals surface area contributed by atoms with Crippen molar-refractivity contribution in [1.29, 1.82) is 0 Å². The van der Waals surface area contributed by atoms with E-state index in [-0.39, 0.29) is 18.2 Å². The zero-order valence-corrected chi connectivity index (χ0v) is 16.1. The molecule has 1 aliphatic carbocycles. The summed E-state index contributed by atoms with van der Waals surface area (Å²) in [5.74, 6) is -0.279. The Morgan fingerprint density at radius 2 is 1.74 bits per heavy atom. The summed E-state index contributed by atoms with van der Waals surface area (Å²) in [7, 11) is 0. The highest BCUT2D eigenvalue weighted by atomic mass is 16.5. The Bertz CT molecular complexity index is 508. The predicted molar refractivity (Wildman–Crippen MR) is 101 cm³/mol. The van der Waals surface area contributed by atoms with Crippen LogP contribution in [0.1, 0.15) is 51.4 Å². The van der Waals surface area contributed by atoms with Gasteiger partial charge >= 0.3 is 12.0 Å². The molecule has 0 aromatic carbocycles. The molecule has 3 fully saturated rings. The second-order valence-corrected chi connectivity index (χ2v) is 8.40. The summed E-state index contributed by atoms with van der Waals surface area (Å²) < 4.78 is 6.09. The van der Waals surface area contributed by atoms with Crippen LogP contribution in [0.4, 0.5) is 4.79 Å². The summed E-state index contributed by atoms with van der Waals surface area (Å²) in [6.45, 7) is 4.44. The van der Waals surface area contributed by atoms with E-state index in [1.54, 1.807) is 0 Å². The van der Waals surface area contributed by atoms with Gasteiger partial charge in [0, 0.05) is 25.7 Å². The molecule has 8 nitrogen and oxygen atoms in total. The second kappa shape index (κ2) is 9.21. The average molecular weight is 383 g/mol. The maximum absolute atomic E-state index is 12.5. The first-order valence-electron chi connectivity index (χ1n) is 10.4. The van der Waals surface area contributed by atoms with Crippen LogP contribution in [-0.2, 0) is 9.53 Å². The first kappa shape index (κ1) is 20.4. The van der Waals surface area contributed by atoms with Crippen LogP contribution < -0.4 is 16.4 Å². The number of nitrogens with one attached hydrogen (secondary N) is 2. The molecule has 2 saturated heterocycles. The Labute approximate surface area is 161 Å². The van der Waals surface area contributed by atoms with Gasteiger partial charge in [-0.2, -0.15) is 0 Å². The molecule has 154 valence electrons. The largest absolute Gasteiger partial charge is 0.480 e. The smallest absolute Gasteiger partial charge is 0.323 e. The van der Waals surface area contributed by atoms with Gasteiger partial charge in [-0.15, -0.1) is 0 Å². The van der Waals surface area contributed by atoms with Crippen LogP contribution in [0.25, 0.3) is 0 Å². The van der Waals surface area contributed by atoms with Gasteiger partial charge in [-0.3, -0.25) is 4.79 Å². The molecule has 0 radical (unpaired) electrons. The van der Waals surface area contributed by atoms with E-state index in [9.17, 15) is 14.7 Å². The number of piperidine rings is 2. The van der Waals surface area contributed by atoms with Gasteiger partial charge in [0.2, 0.25) is 0 Å². The van der Waals surface area contributed by atoms with Gasteiger partial charge in [-0.05, 0) is 70.4 Å². The number of hydrogen-bond donors (Lipinski definition) is 4. The molecular weight excluding hydrogens is 348 g/mol. The number of amides is 2. The van der Waals surface area contributed by atoms with E-state index in [0.717, 1.165) is 32.5 Å². The van der Waals surface area contributed by atoms with Crippen LogP contribution in [0.2, 0.25) is 0 Å². The van der Waals surface area contributed by atoms with Gasteiger partial charge in [-0.1, -0.05) is 0 Å². The Kier molecular flexibility index (Phi) is 6.94. The summed E-state index contributed by atoms with van der Waals surface area (Å²) in [6, 6.07) is -0.0286. The second-order valence-electron chi connectivity index (χ2n) is 8.40. The SMILES string of the molecule is NC1(C(=O)O)CCC(NC(=O)N2CCC(OCC3CCNCC3)CC2)CC1. The molecule has 2 heterocycles. The Balaban J connectivity index is 1.33. The minimum absolute atomic E-state index is 0.0161. The van der Waals surface area contributed by atoms with Crippen molar-refractivity contribution in [3.63, 3.8) is 0 Å². The number of carbonyl (C=O) groups is 2. The first-order valence-corrected chi connectivity index (χ1v) is 10.4. The number of carbonyl (C=O) groups excluding carboxylic acids is 1. The van der Waals surface area contributed by atoms with E-state index in [4.69, 9.17) is 10.5 Å². The van der Waals surface area contributed by atoms with Gasteiger partial charge in [0.15, 0.2) is 0 Å². The minimum atomic E-state index is -1.13. The fourth-order valence-electron chi connectivity index (χ4n) is 4.30. The number of aliphatic carboxylic acids is 1. The van der Waals surface area contributed by atoms with Crippen molar-refractivity contribution in [2.24, 2.45) is 11.7 Å². The van der Waals surface area contributed by atoms with Gasteiger partial charge in [0.05, 0.1) is 6.10 Å². The van der Waals surface area contributed by atoms with E-state index in [0.29, 0.717) is 44.7 Å². The number of nitrogens with zero attached hydrogens (tertiary/aromatic N) is 1. The first-order chi connectivity index (χ1) is 13.0. The summed E-state index contributed by atoms with van der Waals surface area (Å²) in [5.41, 5.74) is 4.76. The third kappa shape index (κ3) is 5.56. The minimum Gasteiger partial charge on any atom is -0.480 e. The van der Waals surface area contributed by atoms with Crippen LogP contribution in [0.15, 0.2) is 0 Å². The van der Waals surface area contributed by atoms with Crippen molar-refractivity contribution in [1.82, 2.24) is 15.5 Å². The lowest BCUT2D eigenvalue weighted by Crippen LogP contribution is -2.55. The summed E-state index contributed by atoms with van der Waals surface area (Å²) in [5, 5.41) is 15.6. The molecule has 0 spiro atoms. The van der Waals surface area contributed by atoms with Gasteiger partial charge < -0.3 is 31.1 Å². The number of hydrogen-bond acceptors (Lipinski definition) is 5. The number of carboxylic acids is 1. The molecule has 5 N–H and O–H groups in total. The van der Waals surface area contributed by atoms with Gasteiger partial charge in [0.25, 0.3) is 0 Å². The monoisotopic (exact) mass is 382 g/mol. The maximum atomic E-state index is 12.5. The summed E-state index contributed by atoms with van der Waals surface area (Å²) >= 11 is 0. The van der Waals surface area contributed by atoms with E-state index < -0.39 is 11.5 Å². The standard InChI is InChI=1S/C19H34N4O4/c20-19(17(24)25)7-1-15(2-8-19)22-18(26)23-11-5-16(6-12-23)27-13-14-3-9-21-10-4-14/h14-16,21H,1-13,20H2,(H,22,26)(H,24,25). The normalized spacial score (nSPS) is 30.9. The topological polar surface area (TPSA) is 117 Å². The number of carboxylic acid groups (broad SMARTS) is 1. The van der Waals surface area contributed by atoms with Crippen molar-refractivity contribution in [3.8, 4) is 0 Å². The molecule has 2 amide bonds. The van der Waals surface area contributed by atoms with E-state index in [1.807, 2.05) is 4.90 Å². The molecule has 0 unspecified atom stereocenters. The van der Waals surface area contributed by atoms with E-state index in [2.05, 4.69) is 10.6 Å². The number of rotatable bonds is 5. The maximum Gasteiger partial charge on any atom is 0.323 e. The van der Waals surface area contributed by atoms with Crippen LogP contribution >= 0.6 is 0 Å². The Morgan fingerprint density at radius 3 is 2.33 bits per heavy atom. The van der Waals surface area contributed by atoms with Crippen molar-refractivity contribution in [2.45, 2.75) is 69.1 Å². The summed E-state index contributed by atoms with van der Waals surface area (Å²) in [4.78, 5) is 25.5. The molecule has 0 bridgehead atoms. The number of likely N-dealkylation sites (tertiary alicyclic amines) is 1. The molecule has 0 atom stereocenters. The number of urea groups is 1. The van der Waals surface area contributed by atoms with E-state index >= 15 is 0 Å². The average Bonchev–Trinajstić information content (AvgIpc) is 2.69. The Morgan fingerprint density at radius 1 is 1.11 bits per heavy atom. The molecule has 3 rings (SSSR count). The lowest BCUT2D eigenvalue weighted by Gasteiger charge is -2.37. The molecule has 27 heavy (non-hydrogen) atoms. The molecule has 8 heteroatoms. The third-order valence-electron chi connectivity index (χ3n) is 6.39. The van der Waals surface area contributed by atoms with Crippen LogP contribution in [0, 0.1) is 5.92 Å². The molecule has 2 aliphatic heterocycles. The third-order valence-corrected chi connectivity index (χ3v) is 6.39. The molecule has 0 aromatic heterocycles. The lowest BCUT2D eigenvalue weighted by atomic mass is 9.80. The summed E-state index contributed by atoms with van der Waals surface area (Å²) in [6.07, 6.45) is 6.44. The van der Waals surface area contributed by atoms with Crippen molar-refractivity contribution >= 4 is 12.0 Å². The van der Waals surface area contributed by atoms with Crippen LogP contribution in [0.5, 0.6) is 0 Å². The fourth-order valence-corrected chi connectivity index (χ4v) is 4.30. The highest BCUT2D eigenvalue weighted by Gasteiger charge is 2.39. The zero-order chi connectivity index (χ0) is 19.3. The number of ether oxygens (including phenoxy) is 1. The van der Waals surface area contributed by atoms with Crippen LogP contribution in [0.3, 0.4) is 0 Å². The zero-order valence-electron chi connectivity index (χ0n) is 16.1. The van der Waals surface area contributed by atoms with Crippen molar-refractivity contribution in [3.05, 3.63) is 0 Å².